The first-order valence-corrected chi connectivity index (χ1v) is 11.2. The molecule has 3 aromatic rings. The molecule has 1 unspecified atom stereocenters. The number of ether oxygens (including phenoxy) is 1. The zero-order valence-electron chi connectivity index (χ0n) is 18.2. The minimum Gasteiger partial charge on any atom is -0.507 e. The molecule has 1 aliphatic rings. The molecule has 1 heterocycles. The normalized spacial score (nSPS) is 17.4. The Morgan fingerprint density at radius 2 is 1.73 bits per heavy atom. The van der Waals surface area contributed by atoms with Crippen LogP contribution in [0.3, 0.4) is 0 Å². The third-order valence-corrected chi connectivity index (χ3v) is 5.86. The molecule has 6 heteroatoms. The van der Waals surface area contributed by atoms with E-state index in [9.17, 15) is 14.7 Å². The zero-order chi connectivity index (χ0) is 23.4. The van der Waals surface area contributed by atoms with Crippen molar-refractivity contribution in [2.75, 3.05) is 13.2 Å². The summed E-state index contributed by atoms with van der Waals surface area (Å²) in [5.74, 6) is -0.907. The molecular formula is C27H24ClNO4. The molecule has 0 spiro atoms. The van der Waals surface area contributed by atoms with Crippen LogP contribution in [0, 0.1) is 0 Å². The maximum Gasteiger partial charge on any atom is 0.295 e. The van der Waals surface area contributed by atoms with Crippen molar-refractivity contribution in [1.82, 2.24) is 4.90 Å². The smallest absolute Gasteiger partial charge is 0.295 e. The maximum absolute atomic E-state index is 13.1. The number of aliphatic hydroxyl groups excluding tert-OH is 1. The fourth-order valence-electron chi connectivity index (χ4n) is 4.06. The number of hydrogen-bond acceptors (Lipinski definition) is 4. The Kier molecular flexibility index (Phi) is 6.80. The Bertz CT molecular complexity index is 1190. The van der Waals surface area contributed by atoms with E-state index in [1.54, 1.807) is 42.5 Å². The largest absolute Gasteiger partial charge is 0.507 e. The Morgan fingerprint density at radius 1 is 1.00 bits per heavy atom. The number of carbonyl (C=O) groups is 2. The number of Topliss-reactive ketones (excluding diaryl/α,β-unsaturated/α-hetero) is 1. The first-order valence-electron chi connectivity index (χ1n) is 10.8. The summed E-state index contributed by atoms with van der Waals surface area (Å²) in [5.41, 5.74) is 2.21. The van der Waals surface area contributed by atoms with Gasteiger partial charge in [-0.1, -0.05) is 54.1 Å². The van der Waals surface area contributed by atoms with Crippen LogP contribution in [0.15, 0.2) is 84.4 Å². The van der Waals surface area contributed by atoms with E-state index in [-0.39, 0.29) is 11.3 Å². The molecule has 0 aromatic heterocycles. The average Bonchev–Trinajstić information content (AvgIpc) is 3.08. The molecule has 33 heavy (non-hydrogen) atoms. The molecule has 1 amide bonds. The molecule has 0 radical (unpaired) electrons. The summed E-state index contributed by atoms with van der Waals surface area (Å²) in [6.45, 7) is 2.73. The molecule has 1 saturated heterocycles. The molecule has 1 fully saturated rings. The van der Waals surface area contributed by atoms with Crippen LogP contribution in [-0.2, 0) is 16.0 Å². The molecule has 168 valence electrons. The van der Waals surface area contributed by atoms with Crippen LogP contribution < -0.4 is 4.74 Å². The summed E-state index contributed by atoms with van der Waals surface area (Å²) in [6.07, 6.45) is 0.577. The minimum atomic E-state index is -0.737. The van der Waals surface area contributed by atoms with Gasteiger partial charge in [-0.25, -0.2) is 0 Å². The molecular weight excluding hydrogens is 438 g/mol. The number of carbonyl (C=O) groups excluding carboxylic acids is 2. The van der Waals surface area contributed by atoms with Gasteiger partial charge in [-0.15, -0.1) is 0 Å². The van der Waals surface area contributed by atoms with Gasteiger partial charge >= 0.3 is 0 Å². The van der Waals surface area contributed by atoms with Gasteiger partial charge in [-0.2, -0.15) is 0 Å². The highest BCUT2D eigenvalue weighted by molar-refractivity contribution is 6.46. The fraction of sp³-hybridized carbons (Fsp3) is 0.185. The second kappa shape index (κ2) is 9.92. The van der Waals surface area contributed by atoms with E-state index in [2.05, 4.69) is 0 Å². The summed E-state index contributed by atoms with van der Waals surface area (Å²) in [5, 5.41) is 11.6. The summed E-state index contributed by atoms with van der Waals surface area (Å²) in [6, 6.07) is 22.8. The molecule has 1 N–H and O–H groups in total. The molecule has 1 atom stereocenters. The van der Waals surface area contributed by atoms with Gasteiger partial charge in [-0.05, 0) is 60.9 Å². The Balaban J connectivity index is 1.76. The van der Waals surface area contributed by atoms with E-state index in [0.717, 1.165) is 5.56 Å². The number of benzene rings is 3. The van der Waals surface area contributed by atoms with Gasteiger partial charge in [0.05, 0.1) is 18.2 Å². The van der Waals surface area contributed by atoms with Gasteiger partial charge in [0, 0.05) is 17.1 Å². The van der Waals surface area contributed by atoms with E-state index < -0.39 is 17.7 Å². The first kappa shape index (κ1) is 22.6. The number of nitrogens with zero attached hydrogens (tertiary/aromatic N) is 1. The maximum atomic E-state index is 13.1. The highest BCUT2D eigenvalue weighted by atomic mass is 35.5. The van der Waals surface area contributed by atoms with Crippen molar-refractivity contribution < 1.29 is 19.4 Å². The monoisotopic (exact) mass is 461 g/mol. The summed E-state index contributed by atoms with van der Waals surface area (Å²) in [7, 11) is 0. The number of halogens is 1. The third kappa shape index (κ3) is 4.78. The van der Waals surface area contributed by atoms with E-state index in [1.807, 2.05) is 43.3 Å². The quantitative estimate of drug-likeness (QED) is 0.290. The topological polar surface area (TPSA) is 66.8 Å². The molecule has 1 aliphatic heterocycles. The SMILES string of the molecule is CCOc1ccc(C(O)=C2C(=O)C(=O)N(CCc3ccccc3)C2c2cccc(Cl)c2)cc1. The van der Waals surface area contributed by atoms with Crippen LogP contribution in [0.4, 0.5) is 0 Å². The molecule has 4 rings (SSSR count). The van der Waals surface area contributed by atoms with E-state index >= 15 is 0 Å². The van der Waals surface area contributed by atoms with Crippen LogP contribution in [0.2, 0.25) is 5.02 Å². The van der Waals surface area contributed by atoms with Crippen molar-refractivity contribution in [3.05, 3.63) is 106 Å². The lowest BCUT2D eigenvalue weighted by atomic mass is 9.95. The van der Waals surface area contributed by atoms with Crippen molar-refractivity contribution in [2.24, 2.45) is 0 Å². The van der Waals surface area contributed by atoms with Crippen molar-refractivity contribution in [3.8, 4) is 5.75 Å². The second-order valence-electron chi connectivity index (χ2n) is 7.74. The van der Waals surface area contributed by atoms with Crippen molar-refractivity contribution in [2.45, 2.75) is 19.4 Å². The first-order chi connectivity index (χ1) is 16.0. The number of rotatable bonds is 7. The second-order valence-corrected chi connectivity index (χ2v) is 8.18. The fourth-order valence-corrected chi connectivity index (χ4v) is 4.26. The van der Waals surface area contributed by atoms with Gasteiger partial charge < -0.3 is 14.7 Å². The third-order valence-electron chi connectivity index (χ3n) is 5.63. The summed E-state index contributed by atoms with van der Waals surface area (Å²) < 4.78 is 5.46. The Morgan fingerprint density at radius 3 is 2.39 bits per heavy atom. The minimum absolute atomic E-state index is 0.0551. The van der Waals surface area contributed by atoms with Crippen LogP contribution in [0.1, 0.15) is 29.7 Å². The van der Waals surface area contributed by atoms with Gasteiger partial charge in [0.25, 0.3) is 11.7 Å². The van der Waals surface area contributed by atoms with E-state index in [4.69, 9.17) is 16.3 Å². The standard InChI is InChI=1S/C27H24ClNO4/c1-2-33-22-13-11-19(12-14-22)25(30)23-24(20-9-6-10-21(28)17-20)29(27(32)26(23)31)16-15-18-7-4-3-5-8-18/h3-14,17,24,30H,2,15-16H2,1H3. The van der Waals surface area contributed by atoms with Crippen LogP contribution in [-0.4, -0.2) is 34.8 Å². The highest BCUT2D eigenvalue weighted by Gasteiger charge is 2.45. The molecule has 0 bridgehead atoms. The Hall–Kier alpha value is -3.57. The van der Waals surface area contributed by atoms with E-state index in [0.29, 0.717) is 41.5 Å². The van der Waals surface area contributed by atoms with Crippen LogP contribution in [0.5, 0.6) is 5.75 Å². The molecule has 0 aliphatic carbocycles. The lowest BCUT2D eigenvalue weighted by Crippen LogP contribution is -2.31. The highest BCUT2D eigenvalue weighted by Crippen LogP contribution is 2.40. The molecule has 0 saturated carbocycles. The average molecular weight is 462 g/mol. The van der Waals surface area contributed by atoms with Crippen LogP contribution in [0.25, 0.3) is 5.76 Å². The number of likely N-dealkylation sites (tertiary alicyclic amines) is 1. The van der Waals surface area contributed by atoms with E-state index in [1.165, 1.54) is 4.90 Å². The predicted molar refractivity (Wildman–Crippen MR) is 128 cm³/mol. The van der Waals surface area contributed by atoms with Crippen molar-refractivity contribution >= 4 is 29.1 Å². The van der Waals surface area contributed by atoms with Gasteiger partial charge in [0.15, 0.2) is 0 Å². The van der Waals surface area contributed by atoms with Gasteiger partial charge in [0.2, 0.25) is 0 Å². The zero-order valence-corrected chi connectivity index (χ0v) is 19.0. The van der Waals surface area contributed by atoms with Crippen LogP contribution >= 0.6 is 11.6 Å². The molecule has 3 aromatic carbocycles. The number of hydrogen-bond donors (Lipinski definition) is 1. The molecule has 5 nitrogen and oxygen atoms in total. The van der Waals surface area contributed by atoms with Gasteiger partial charge in [0.1, 0.15) is 11.5 Å². The summed E-state index contributed by atoms with van der Waals surface area (Å²) in [4.78, 5) is 27.7. The number of amides is 1. The van der Waals surface area contributed by atoms with Gasteiger partial charge in [-0.3, -0.25) is 9.59 Å². The lowest BCUT2D eigenvalue weighted by Gasteiger charge is -2.25. The Labute approximate surface area is 197 Å². The number of ketones is 1. The predicted octanol–water partition coefficient (Wildman–Crippen LogP) is 5.40. The lowest BCUT2D eigenvalue weighted by molar-refractivity contribution is -0.139. The van der Waals surface area contributed by atoms with Crippen molar-refractivity contribution in [3.63, 3.8) is 0 Å². The number of aliphatic hydroxyl groups is 1. The van der Waals surface area contributed by atoms with Crippen molar-refractivity contribution in [1.29, 1.82) is 0 Å². The summed E-state index contributed by atoms with van der Waals surface area (Å²) >= 11 is 6.23.